The number of para-hydroxylation sites is 1. The summed E-state index contributed by atoms with van der Waals surface area (Å²) in [6.45, 7) is 2.27. The van der Waals surface area contributed by atoms with E-state index in [1.54, 1.807) is 24.3 Å². The first-order valence-corrected chi connectivity index (χ1v) is 11.9. The number of carbonyl (C=O) groups excluding carboxylic acids is 2. The largest absolute Gasteiger partial charge is 0.495 e. The minimum Gasteiger partial charge on any atom is -0.495 e. The molecule has 0 aromatic heterocycles. The fourth-order valence-electron chi connectivity index (χ4n) is 3.65. The lowest BCUT2D eigenvalue weighted by Crippen LogP contribution is -2.28. The van der Waals surface area contributed by atoms with E-state index in [0.717, 1.165) is 11.6 Å². The van der Waals surface area contributed by atoms with Gasteiger partial charge in [0.2, 0.25) is 0 Å². The van der Waals surface area contributed by atoms with Crippen molar-refractivity contribution in [3.63, 3.8) is 0 Å². The maximum absolute atomic E-state index is 12.4. The molecule has 0 radical (unpaired) electrons. The standard InChI is InChI=1S/C28H29N3O8/c1-17-5-3-4-6-22(17)30-28(37)31-23-9-7-18(14-25(23)38-2)13-20(32)16-29-11-12-39-24-10-8-19(26(33)34)15-21(24)27(35)36/h3-10,14-15,29H,11-13,16H2,1-2H3,(H,33,34)(H,35,36)(H2,30,31,37). The number of amides is 2. The molecule has 0 saturated heterocycles. The average molecular weight is 536 g/mol. The highest BCUT2D eigenvalue weighted by Crippen LogP contribution is 2.26. The van der Waals surface area contributed by atoms with Gasteiger partial charge in [0.15, 0.2) is 5.78 Å². The van der Waals surface area contributed by atoms with Gasteiger partial charge in [-0.1, -0.05) is 24.3 Å². The minimum absolute atomic E-state index is 0.0361. The summed E-state index contributed by atoms with van der Waals surface area (Å²) >= 11 is 0. The van der Waals surface area contributed by atoms with Crippen LogP contribution < -0.4 is 25.4 Å². The first kappa shape index (κ1) is 28.7. The zero-order chi connectivity index (χ0) is 28.4. The summed E-state index contributed by atoms with van der Waals surface area (Å²) in [6.07, 6.45) is 0.125. The van der Waals surface area contributed by atoms with E-state index in [4.69, 9.17) is 14.6 Å². The molecule has 0 saturated carbocycles. The van der Waals surface area contributed by atoms with Gasteiger partial charge in [-0.2, -0.15) is 0 Å². The molecule has 11 heteroatoms. The van der Waals surface area contributed by atoms with Crippen molar-refractivity contribution in [1.82, 2.24) is 5.32 Å². The summed E-state index contributed by atoms with van der Waals surface area (Å²) in [5, 5.41) is 26.8. The number of aromatic carboxylic acids is 2. The number of carboxylic acids is 2. The predicted octanol–water partition coefficient (Wildman–Crippen LogP) is 3.82. The number of carbonyl (C=O) groups is 4. The number of anilines is 2. The highest BCUT2D eigenvalue weighted by molar-refractivity contribution is 6.01. The number of Topliss-reactive ketones (excluding diaryl/α,β-unsaturated/α-hetero) is 1. The van der Waals surface area contributed by atoms with Gasteiger partial charge in [-0.05, 0) is 54.4 Å². The third-order valence-corrected chi connectivity index (χ3v) is 5.62. The fourth-order valence-corrected chi connectivity index (χ4v) is 3.65. The zero-order valence-electron chi connectivity index (χ0n) is 21.4. The molecule has 0 bridgehead atoms. The van der Waals surface area contributed by atoms with Crippen molar-refractivity contribution < 1.29 is 38.9 Å². The molecule has 0 aliphatic rings. The maximum atomic E-state index is 12.4. The quantitative estimate of drug-likeness (QED) is 0.205. The molecule has 0 fully saturated rings. The molecular weight excluding hydrogens is 506 g/mol. The van der Waals surface area contributed by atoms with Crippen LogP contribution in [0.1, 0.15) is 31.8 Å². The summed E-state index contributed by atoms with van der Waals surface area (Å²) in [7, 11) is 1.47. The lowest BCUT2D eigenvalue weighted by atomic mass is 10.1. The summed E-state index contributed by atoms with van der Waals surface area (Å²) in [4.78, 5) is 47.3. The number of benzene rings is 3. The van der Waals surface area contributed by atoms with Gasteiger partial charge >= 0.3 is 18.0 Å². The van der Waals surface area contributed by atoms with E-state index in [1.165, 1.54) is 19.2 Å². The molecule has 0 aliphatic heterocycles. The Bertz CT molecular complexity index is 1370. The second-order valence-corrected chi connectivity index (χ2v) is 8.49. The molecule has 0 aliphatic carbocycles. The number of urea groups is 1. The molecule has 39 heavy (non-hydrogen) atoms. The third-order valence-electron chi connectivity index (χ3n) is 5.62. The Hall–Kier alpha value is -4.90. The molecule has 3 aromatic rings. The van der Waals surface area contributed by atoms with E-state index in [2.05, 4.69) is 16.0 Å². The van der Waals surface area contributed by atoms with Gasteiger partial charge in [0.1, 0.15) is 23.7 Å². The Morgan fingerprint density at radius 1 is 0.846 bits per heavy atom. The Morgan fingerprint density at radius 2 is 1.59 bits per heavy atom. The number of rotatable bonds is 13. The lowest BCUT2D eigenvalue weighted by Gasteiger charge is -2.14. The van der Waals surface area contributed by atoms with Crippen molar-refractivity contribution in [3.8, 4) is 11.5 Å². The van der Waals surface area contributed by atoms with Crippen LogP contribution in [-0.2, 0) is 11.2 Å². The van der Waals surface area contributed by atoms with E-state index in [0.29, 0.717) is 22.7 Å². The van der Waals surface area contributed by atoms with E-state index in [1.807, 2.05) is 25.1 Å². The normalized spacial score (nSPS) is 10.4. The Labute approximate surface area is 224 Å². The summed E-state index contributed by atoms with van der Waals surface area (Å²) in [6, 6.07) is 15.6. The summed E-state index contributed by atoms with van der Waals surface area (Å²) in [5.41, 5.74) is 2.34. The Balaban J connectivity index is 1.47. The van der Waals surface area contributed by atoms with Crippen LogP contribution in [0.4, 0.5) is 16.2 Å². The molecule has 0 atom stereocenters. The van der Waals surface area contributed by atoms with Crippen molar-refractivity contribution in [3.05, 3.63) is 82.9 Å². The van der Waals surface area contributed by atoms with Crippen LogP contribution in [0.3, 0.4) is 0 Å². The van der Waals surface area contributed by atoms with Crippen molar-refractivity contribution in [2.75, 3.05) is 37.4 Å². The van der Waals surface area contributed by atoms with Crippen LogP contribution in [0, 0.1) is 6.92 Å². The van der Waals surface area contributed by atoms with Crippen LogP contribution in [0.25, 0.3) is 0 Å². The fraction of sp³-hybridized carbons (Fsp3) is 0.214. The molecule has 5 N–H and O–H groups in total. The second kappa shape index (κ2) is 13.6. The minimum atomic E-state index is -1.31. The van der Waals surface area contributed by atoms with Crippen molar-refractivity contribution >= 4 is 35.1 Å². The smallest absolute Gasteiger partial charge is 0.339 e. The van der Waals surface area contributed by atoms with Gasteiger partial charge in [0, 0.05) is 18.7 Å². The number of hydrogen-bond acceptors (Lipinski definition) is 7. The molecule has 2 amide bonds. The van der Waals surface area contributed by atoms with E-state index < -0.39 is 18.0 Å². The molecule has 3 rings (SSSR count). The first-order valence-electron chi connectivity index (χ1n) is 11.9. The van der Waals surface area contributed by atoms with Crippen LogP contribution in [0.5, 0.6) is 11.5 Å². The molecule has 0 unspecified atom stereocenters. The molecular formula is C28H29N3O8. The van der Waals surface area contributed by atoms with Crippen LogP contribution in [0.15, 0.2) is 60.7 Å². The van der Waals surface area contributed by atoms with Gasteiger partial charge in [0.25, 0.3) is 0 Å². The van der Waals surface area contributed by atoms with Gasteiger partial charge in [-0.15, -0.1) is 0 Å². The first-order chi connectivity index (χ1) is 18.7. The van der Waals surface area contributed by atoms with Crippen molar-refractivity contribution in [2.45, 2.75) is 13.3 Å². The molecule has 0 spiro atoms. The second-order valence-electron chi connectivity index (χ2n) is 8.49. The summed E-state index contributed by atoms with van der Waals surface area (Å²) in [5.74, 6) is -2.21. The lowest BCUT2D eigenvalue weighted by molar-refractivity contribution is -0.117. The molecule has 0 heterocycles. The zero-order valence-corrected chi connectivity index (χ0v) is 21.4. The van der Waals surface area contributed by atoms with Crippen LogP contribution in [0.2, 0.25) is 0 Å². The molecule has 3 aromatic carbocycles. The average Bonchev–Trinajstić information content (AvgIpc) is 2.90. The SMILES string of the molecule is COc1cc(CC(=O)CNCCOc2ccc(C(=O)O)cc2C(=O)O)ccc1NC(=O)Nc1ccccc1C. The van der Waals surface area contributed by atoms with Crippen LogP contribution >= 0.6 is 0 Å². The topological polar surface area (TPSA) is 163 Å². The number of methoxy groups -OCH3 is 1. The Morgan fingerprint density at radius 3 is 2.28 bits per heavy atom. The Kier molecular flexibility index (Phi) is 9.99. The predicted molar refractivity (Wildman–Crippen MR) is 144 cm³/mol. The number of ketones is 1. The number of aryl methyl sites for hydroxylation is 1. The van der Waals surface area contributed by atoms with Gasteiger partial charge in [-0.25, -0.2) is 14.4 Å². The molecule has 11 nitrogen and oxygen atoms in total. The number of carboxylic acid groups (broad SMARTS) is 2. The number of nitrogens with one attached hydrogen (secondary N) is 3. The number of hydrogen-bond donors (Lipinski definition) is 5. The maximum Gasteiger partial charge on any atom is 0.339 e. The third kappa shape index (κ3) is 8.30. The van der Waals surface area contributed by atoms with E-state index in [-0.39, 0.29) is 48.8 Å². The van der Waals surface area contributed by atoms with Gasteiger partial charge < -0.3 is 35.6 Å². The molecule has 204 valence electrons. The number of ether oxygens (including phenoxy) is 2. The monoisotopic (exact) mass is 535 g/mol. The van der Waals surface area contributed by atoms with E-state index >= 15 is 0 Å². The van der Waals surface area contributed by atoms with Gasteiger partial charge in [-0.3, -0.25) is 4.79 Å². The van der Waals surface area contributed by atoms with Crippen LogP contribution in [-0.4, -0.2) is 60.8 Å². The van der Waals surface area contributed by atoms with Crippen molar-refractivity contribution in [2.24, 2.45) is 0 Å². The highest BCUT2D eigenvalue weighted by atomic mass is 16.5. The van der Waals surface area contributed by atoms with E-state index in [9.17, 15) is 24.3 Å². The van der Waals surface area contributed by atoms with Crippen molar-refractivity contribution in [1.29, 1.82) is 0 Å². The highest BCUT2D eigenvalue weighted by Gasteiger charge is 2.15. The summed E-state index contributed by atoms with van der Waals surface area (Å²) < 4.78 is 10.8. The van der Waals surface area contributed by atoms with Gasteiger partial charge in [0.05, 0.1) is 24.9 Å².